The number of rotatable bonds is 5. The van der Waals surface area contributed by atoms with Gasteiger partial charge in [0.15, 0.2) is 0 Å². The first kappa shape index (κ1) is 14.3. The Morgan fingerprint density at radius 2 is 2.06 bits per heavy atom. The lowest BCUT2D eigenvalue weighted by atomic mass is 9.96. The summed E-state index contributed by atoms with van der Waals surface area (Å²) in [5.41, 5.74) is 0. The third kappa shape index (κ3) is 2.89. The third-order valence-corrected chi connectivity index (χ3v) is 4.84. The number of hydrogen-bond acceptors (Lipinski definition) is 3. The average Bonchev–Trinajstić information content (AvgIpc) is 2.81. The topological polar surface area (TPSA) is 15.7 Å². The van der Waals surface area contributed by atoms with Crippen LogP contribution in [0.15, 0.2) is 0 Å². The first-order valence-corrected chi connectivity index (χ1v) is 7.66. The molecule has 0 aromatic rings. The van der Waals surface area contributed by atoms with E-state index in [-0.39, 0.29) is 0 Å². The lowest BCUT2D eigenvalue weighted by Crippen LogP contribution is -2.60. The fourth-order valence-corrected chi connectivity index (χ4v) is 3.72. The lowest BCUT2D eigenvalue weighted by molar-refractivity contribution is -0.0229. The SMILES string of the molecule is CCC1CN2CCCC2CN1C(COC)C(C)C. The zero-order valence-electron chi connectivity index (χ0n) is 12.6. The molecule has 2 aliphatic heterocycles. The van der Waals surface area contributed by atoms with Crippen molar-refractivity contribution in [2.24, 2.45) is 5.92 Å². The molecule has 0 amide bonds. The molecule has 0 saturated carbocycles. The van der Waals surface area contributed by atoms with E-state index in [0.29, 0.717) is 12.0 Å². The zero-order chi connectivity index (χ0) is 13.1. The Hall–Kier alpha value is -0.120. The van der Waals surface area contributed by atoms with Gasteiger partial charge in [-0.2, -0.15) is 0 Å². The Morgan fingerprint density at radius 3 is 2.67 bits per heavy atom. The van der Waals surface area contributed by atoms with Crippen LogP contribution in [-0.4, -0.2) is 61.3 Å². The van der Waals surface area contributed by atoms with Crippen LogP contribution in [-0.2, 0) is 4.74 Å². The summed E-state index contributed by atoms with van der Waals surface area (Å²) < 4.78 is 5.47. The third-order valence-electron chi connectivity index (χ3n) is 4.84. The number of methoxy groups -OCH3 is 1. The van der Waals surface area contributed by atoms with Crippen molar-refractivity contribution in [3.63, 3.8) is 0 Å². The molecule has 18 heavy (non-hydrogen) atoms. The standard InChI is InChI=1S/C15H30N2O/c1-5-13-9-16-8-6-7-14(16)10-17(13)15(11-18-4)12(2)3/h12-15H,5-11H2,1-4H3. The van der Waals surface area contributed by atoms with Gasteiger partial charge in [-0.1, -0.05) is 20.8 Å². The fourth-order valence-electron chi connectivity index (χ4n) is 3.72. The molecule has 2 fully saturated rings. The predicted molar refractivity (Wildman–Crippen MR) is 75.9 cm³/mol. The lowest BCUT2D eigenvalue weighted by Gasteiger charge is -2.48. The summed E-state index contributed by atoms with van der Waals surface area (Å²) in [6.07, 6.45) is 4.05. The molecule has 0 radical (unpaired) electrons. The molecular weight excluding hydrogens is 224 g/mol. The zero-order valence-corrected chi connectivity index (χ0v) is 12.6. The molecule has 2 saturated heterocycles. The van der Waals surface area contributed by atoms with Crippen LogP contribution < -0.4 is 0 Å². The van der Waals surface area contributed by atoms with Crippen molar-refractivity contribution in [3.8, 4) is 0 Å². The summed E-state index contributed by atoms with van der Waals surface area (Å²) >= 11 is 0. The number of nitrogens with zero attached hydrogens (tertiary/aromatic N) is 2. The van der Waals surface area contributed by atoms with Gasteiger partial charge >= 0.3 is 0 Å². The smallest absolute Gasteiger partial charge is 0.0620 e. The quantitative estimate of drug-likeness (QED) is 0.748. The molecular formula is C15H30N2O. The van der Waals surface area contributed by atoms with Crippen molar-refractivity contribution in [2.45, 2.75) is 58.2 Å². The normalized spacial score (nSPS) is 31.8. The summed E-state index contributed by atoms with van der Waals surface area (Å²) in [5.74, 6) is 0.673. The average molecular weight is 254 g/mol. The van der Waals surface area contributed by atoms with Gasteiger partial charge in [0.25, 0.3) is 0 Å². The molecule has 3 nitrogen and oxygen atoms in total. The van der Waals surface area contributed by atoms with E-state index in [4.69, 9.17) is 4.74 Å². The maximum Gasteiger partial charge on any atom is 0.0620 e. The molecule has 2 heterocycles. The molecule has 2 aliphatic rings. The fraction of sp³-hybridized carbons (Fsp3) is 1.00. The second-order valence-corrected chi connectivity index (χ2v) is 6.32. The summed E-state index contributed by atoms with van der Waals surface area (Å²) in [6, 6.07) is 2.12. The molecule has 3 heteroatoms. The molecule has 0 aromatic heterocycles. The predicted octanol–water partition coefficient (Wildman–Crippen LogP) is 2.22. The monoisotopic (exact) mass is 254 g/mol. The second-order valence-electron chi connectivity index (χ2n) is 6.32. The minimum absolute atomic E-state index is 0.586. The van der Waals surface area contributed by atoms with Gasteiger partial charge in [0.2, 0.25) is 0 Å². The van der Waals surface area contributed by atoms with Crippen molar-refractivity contribution in [1.82, 2.24) is 9.80 Å². The van der Waals surface area contributed by atoms with Crippen LogP contribution >= 0.6 is 0 Å². The van der Waals surface area contributed by atoms with Crippen molar-refractivity contribution >= 4 is 0 Å². The largest absolute Gasteiger partial charge is 0.383 e. The molecule has 0 aliphatic carbocycles. The number of fused-ring (bicyclic) bond motifs is 1. The van der Waals surface area contributed by atoms with E-state index in [2.05, 4.69) is 30.6 Å². The Morgan fingerprint density at radius 1 is 1.28 bits per heavy atom. The summed E-state index contributed by atoms with van der Waals surface area (Å²) in [5, 5.41) is 0. The second kappa shape index (κ2) is 6.36. The molecule has 106 valence electrons. The molecule has 0 N–H and O–H groups in total. The summed E-state index contributed by atoms with van der Waals surface area (Å²) in [4.78, 5) is 5.47. The van der Waals surface area contributed by atoms with Gasteiger partial charge in [0.05, 0.1) is 6.61 Å². The minimum atomic E-state index is 0.586. The highest BCUT2D eigenvalue weighted by molar-refractivity contribution is 4.94. The van der Waals surface area contributed by atoms with Gasteiger partial charge in [-0.05, 0) is 31.7 Å². The highest BCUT2D eigenvalue weighted by atomic mass is 16.5. The summed E-state index contributed by atoms with van der Waals surface area (Å²) in [7, 11) is 1.84. The van der Waals surface area contributed by atoms with Gasteiger partial charge < -0.3 is 4.74 Å². The van der Waals surface area contributed by atoms with Crippen molar-refractivity contribution in [2.75, 3.05) is 33.4 Å². The molecule has 3 unspecified atom stereocenters. The Bertz CT molecular complexity index is 257. The van der Waals surface area contributed by atoms with Crippen LogP contribution in [0, 0.1) is 5.92 Å². The molecule has 0 aromatic carbocycles. The number of ether oxygens (including phenoxy) is 1. The van der Waals surface area contributed by atoms with Crippen LogP contribution in [0.5, 0.6) is 0 Å². The Kier molecular flexibility index (Phi) is 5.05. The van der Waals surface area contributed by atoms with Gasteiger partial charge in [0.1, 0.15) is 0 Å². The van der Waals surface area contributed by atoms with E-state index in [0.717, 1.165) is 18.7 Å². The highest BCUT2D eigenvalue weighted by Crippen LogP contribution is 2.29. The maximum absolute atomic E-state index is 5.47. The molecule has 3 atom stereocenters. The van der Waals surface area contributed by atoms with Gasteiger partial charge in [0, 0.05) is 38.3 Å². The van der Waals surface area contributed by atoms with E-state index in [1.165, 1.54) is 38.9 Å². The van der Waals surface area contributed by atoms with Crippen molar-refractivity contribution in [3.05, 3.63) is 0 Å². The first-order valence-electron chi connectivity index (χ1n) is 7.66. The van der Waals surface area contributed by atoms with Gasteiger partial charge in [-0.25, -0.2) is 0 Å². The van der Waals surface area contributed by atoms with E-state index in [9.17, 15) is 0 Å². The van der Waals surface area contributed by atoms with Crippen LogP contribution in [0.1, 0.15) is 40.0 Å². The van der Waals surface area contributed by atoms with E-state index >= 15 is 0 Å². The van der Waals surface area contributed by atoms with Crippen molar-refractivity contribution < 1.29 is 4.74 Å². The highest BCUT2D eigenvalue weighted by Gasteiger charge is 2.38. The Labute approximate surface area is 112 Å². The number of piperazine rings is 1. The van der Waals surface area contributed by atoms with E-state index < -0.39 is 0 Å². The van der Waals surface area contributed by atoms with Crippen LogP contribution in [0.3, 0.4) is 0 Å². The Balaban J connectivity index is 2.07. The van der Waals surface area contributed by atoms with E-state index in [1.54, 1.807) is 0 Å². The van der Waals surface area contributed by atoms with Crippen molar-refractivity contribution in [1.29, 1.82) is 0 Å². The van der Waals surface area contributed by atoms with Crippen LogP contribution in [0.4, 0.5) is 0 Å². The number of hydrogen-bond donors (Lipinski definition) is 0. The maximum atomic E-state index is 5.47. The minimum Gasteiger partial charge on any atom is -0.383 e. The van der Waals surface area contributed by atoms with Crippen LogP contribution in [0.25, 0.3) is 0 Å². The first-order chi connectivity index (χ1) is 8.67. The molecule has 0 spiro atoms. The van der Waals surface area contributed by atoms with E-state index in [1.807, 2.05) is 7.11 Å². The van der Waals surface area contributed by atoms with Gasteiger partial charge in [-0.15, -0.1) is 0 Å². The summed E-state index contributed by atoms with van der Waals surface area (Å²) in [6.45, 7) is 11.7. The molecule has 0 bridgehead atoms. The van der Waals surface area contributed by atoms with Crippen LogP contribution in [0.2, 0.25) is 0 Å². The van der Waals surface area contributed by atoms with Gasteiger partial charge in [-0.3, -0.25) is 9.80 Å². The molecule has 2 rings (SSSR count).